The lowest BCUT2D eigenvalue weighted by atomic mass is 9.94. The molecule has 1 heterocycles. The maximum atomic E-state index is 13.1. The van der Waals surface area contributed by atoms with Crippen LogP contribution in [0.5, 0.6) is 0 Å². The molecule has 2 aromatic rings. The smallest absolute Gasteiger partial charge is 0.251 e. The molecule has 1 fully saturated rings. The average molecular weight is 401 g/mol. The lowest BCUT2D eigenvalue weighted by Gasteiger charge is -2.34. The second-order valence-electron chi connectivity index (χ2n) is 7.90. The number of sulfonamides is 1. The Bertz CT molecular complexity index is 918. The van der Waals surface area contributed by atoms with E-state index in [2.05, 4.69) is 19.2 Å². The van der Waals surface area contributed by atoms with Crippen LogP contribution in [0.15, 0.2) is 59.5 Å². The van der Waals surface area contributed by atoms with Gasteiger partial charge < -0.3 is 5.32 Å². The van der Waals surface area contributed by atoms with Crippen molar-refractivity contribution in [1.29, 1.82) is 0 Å². The third-order valence-corrected chi connectivity index (χ3v) is 7.04. The average Bonchev–Trinajstić information content (AvgIpc) is 2.68. The van der Waals surface area contributed by atoms with Gasteiger partial charge in [0.2, 0.25) is 10.0 Å². The van der Waals surface area contributed by atoms with Gasteiger partial charge in [-0.15, -0.1) is 0 Å². The van der Waals surface area contributed by atoms with E-state index in [0.29, 0.717) is 30.5 Å². The SMILES string of the molecule is CC1CC(C)CN(S(=O)(=O)c2cccc(C(=O)NC(C)c3ccccc3)c2)C1. The van der Waals surface area contributed by atoms with Gasteiger partial charge in [-0.25, -0.2) is 8.42 Å². The lowest BCUT2D eigenvalue weighted by molar-refractivity contribution is 0.0939. The predicted octanol–water partition coefficient (Wildman–Crippen LogP) is 3.84. The maximum absolute atomic E-state index is 13.1. The van der Waals surface area contributed by atoms with E-state index < -0.39 is 10.0 Å². The maximum Gasteiger partial charge on any atom is 0.251 e. The largest absolute Gasteiger partial charge is 0.346 e. The number of rotatable bonds is 5. The minimum absolute atomic E-state index is 0.169. The van der Waals surface area contributed by atoms with Gasteiger partial charge >= 0.3 is 0 Å². The molecule has 0 saturated carbocycles. The fourth-order valence-electron chi connectivity index (χ4n) is 3.85. The van der Waals surface area contributed by atoms with Crippen LogP contribution in [0.1, 0.15) is 49.2 Å². The van der Waals surface area contributed by atoms with Crippen molar-refractivity contribution < 1.29 is 13.2 Å². The van der Waals surface area contributed by atoms with Crippen LogP contribution in [0.25, 0.3) is 0 Å². The standard InChI is InChI=1S/C22H28N2O3S/c1-16-12-17(2)15-24(14-16)28(26,27)21-11-7-10-20(13-21)22(25)23-18(3)19-8-5-4-6-9-19/h4-11,13,16-18H,12,14-15H2,1-3H3,(H,23,25). The van der Waals surface area contributed by atoms with Crippen molar-refractivity contribution >= 4 is 15.9 Å². The van der Waals surface area contributed by atoms with Gasteiger partial charge in [-0.2, -0.15) is 4.31 Å². The van der Waals surface area contributed by atoms with E-state index in [4.69, 9.17) is 0 Å². The minimum Gasteiger partial charge on any atom is -0.346 e. The number of benzene rings is 2. The molecule has 3 atom stereocenters. The highest BCUT2D eigenvalue weighted by molar-refractivity contribution is 7.89. The summed E-state index contributed by atoms with van der Waals surface area (Å²) in [7, 11) is -3.61. The molecule has 0 spiro atoms. The molecule has 1 saturated heterocycles. The van der Waals surface area contributed by atoms with Gasteiger partial charge in [-0.1, -0.05) is 50.2 Å². The Kier molecular flexibility index (Phi) is 6.20. The van der Waals surface area contributed by atoms with Crippen LogP contribution in [0.4, 0.5) is 0 Å². The number of amides is 1. The van der Waals surface area contributed by atoms with Crippen LogP contribution in [-0.4, -0.2) is 31.7 Å². The first-order valence-corrected chi connectivity index (χ1v) is 11.2. The lowest BCUT2D eigenvalue weighted by Crippen LogP contribution is -2.42. The van der Waals surface area contributed by atoms with E-state index in [-0.39, 0.29) is 16.8 Å². The molecule has 2 aromatic carbocycles. The number of carbonyl (C=O) groups excluding carboxylic acids is 1. The second kappa shape index (κ2) is 8.45. The molecular weight excluding hydrogens is 372 g/mol. The Morgan fingerprint density at radius 2 is 1.68 bits per heavy atom. The van der Waals surface area contributed by atoms with Crippen LogP contribution < -0.4 is 5.32 Å². The van der Waals surface area contributed by atoms with Crippen molar-refractivity contribution in [3.05, 3.63) is 65.7 Å². The monoisotopic (exact) mass is 400 g/mol. The molecular formula is C22H28N2O3S. The molecule has 1 aliphatic rings. The first-order valence-electron chi connectivity index (χ1n) is 9.73. The van der Waals surface area contributed by atoms with Gasteiger partial charge in [-0.3, -0.25) is 4.79 Å². The molecule has 6 heteroatoms. The molecule has 0 aromatic heterocycles. The van der Waals surface area contributed by atoms with Crippen LogP contribution in [0.2, 0.25) is 0 Å². The predicted molar refractivity (Wildman–Crippen MR) is 110 cm³/mol. The molecule has 0 aliphatic carbocycles. The number of hydrogen-bond donors (Lipinski definition) is 1. The van der Waals surface area contributed by atoms with E-state index in [9.17, 15) is 13.2 Å². The number of piperidine rings is 1. The summed E-state index contributed by atoms with van der Waals surface area (Å²) in [5.41, 5.74) is 1.35. The molecule has 0 bridgehead atoms. The van der Waals surface area contributed by atoms with Crippen molar-refractivity contribution in [3.63, 3.8) is 0 Å². The highest BCUT2D eigenvalue weighted by Crippen LogP contribution is 2.27. The van der Waals surface area contributed by atoms with Gasteiger partial charge in [-0.05, 0) is 48.9 Å². The summed E-state index contributed by atoms with van der Waals surface area (Å²) in [5, 5.41) is 2.94. The second-order valence-corrected chi connectivity index (χ2v) is 9.84. The summed E-state index contributed by atoms with van der Waals surface area (Å²) in [6.45, 7) is 7.10. The molecule has 28 heavy (non-hydrogen) atoms. The van der Waals surface area contributed by atoms with Crippen molar-refractivity contribution in [3.8, 4) is 0 Å². The molecule has 3 unspecified atom stereocenters. The summed E-state index contributed by atoms with van der Waals surface area (Å²) in [4.78, 5) is 12.8. The quantitative estimate of drug-likeness (QED) is 0.829. The van der Waals surface area contributed by atoms with Crippen molar-refractivity contribution in [1.82, 2.24) is 9.62 Å². The van der Waals surface area contributed by atoms with Crippen LogP contribution in [0.3, 0.4) is 0 Å². The molecule has 150 valence electrons. The number of nitrogens with one attached hydrogen (secondary N) is 1. The zero-order chi connectivity index (χ0) is 20.3. The zero-order valence-corrected chi connectivity index (χ0v) is 17.4. The fraction of sp³-hybridized carbons (Fsp3) is 0.409. The Labute approximate surface area is 167 Å². The number of hydrogen-bond acceptors (Lipinski definition) is 3. The topological polar surface area (TPSA) is 66.5 Å². The highest BCUT2D eigenvalue weighted by Gasteiger charge is 2.32. The first kappa shape index (κ1) is 20.6. The minimum atomic E-state index is -3.61. The van der Waals surface area contributed by atoms with E-state index in [1.807, 2.05) is 37.3 Å². The first-order chi connectivity index (χ1) is 13.3. The Morgan fingerprint density at radius 3 is 2.32 bits per heavy atom. The Balaban J connectivity index is 1.78. The fourth-order valence-corrected chi connectivity index (χ4v) is 5.58. The number of carbonyl (C=O) groups is 1. The van der Waals surface area contributed by atoms with E-state index in [0.717, 1.165) is 12.0 Å². The normalized spacial score (nSPS) is 21.8. The molecule has 0 radical (unpaired) electrons. The third kappa shape index (κ3) is 4.62. The molecule has 1 N–H and O–H groups in total. The Morgan fingerprint density at radius 1 is 1.04 bits per heavy atom. The van der Waals surface area contributed by atoms with Crippen LogP contribution in [0, 0.1) is 11.8 Å². The summed E-state index contributed by atoms with van der Waals surface area (Å²) in [5.74, 6) is 0.377. The van der Waals surface area contributed by atoms with E-state index in [1.165, 1.54) is 6.07 Å². The molecule has 3 rings (SSSR count). The van der Waals surface area contributed by atoms with Crippen molar-refractivity contribution in [2.45, 2.75) is 38.1 Å². The highest BCUT2D eigenvalue weighted by atomic mass is 32.2. The van der Waals surface area contributed by atoms with E-state index >= 15 is 0 Å². The summed E-state index contributed by atoms with van der Waals surface area (Å²) < 4.78 is 27.7. The molecule has 1 aliphatic heterocycles. The van der Waals surface area contributed by atoms with Gasteiger partial charge in [0.1, 0.15) is 0 Å². The van der Waals surface area contributed by atoms with Crippen molar-refractivity contribution in [2.75, 3.05) is 13.1 Å². The Hall–Kier alpha value is -2.18. The van der Waals surface area contributed by atoms with Gasteiger partial charge in [0.25, 0.3) is 5.91 Å². The molecule has 1 amide bonds. The summed E-state index contributed by atoms with van der Waals surface area (Å²) in [6, 6.07) is 15.8. The van der Waals surface area contributed by atoms with Gasteiger partial charge in [0, 0.05) is 18.7 Å². The number of nitrogens with zero attached hydrogens (tertiary/aromatic N) is 1. The third-order valence-electron chi connectivity index (χ3n) is 5.22. The summed E-state index contributed by atoms with van der Waals surface area (Å²) in [6.07, 6.45) is 1.03. The zero-order valence-electron chi connectivity index (χ0n) is 16.6. The molecule has 5 nitrogen and oxygen atoms in total. The van der Waals surface area contributed by atoms with Crippen LogP contribution >= 0.6 is 0 Å². The van der Waals surface area contributed by atoms with Gasteiger partial charge in [0.15, 0.2) is 0 Å². The van der Waals surface area contributed by atoms with Crippen molar-refractivity contribution in [2.24, 2.45) is 11.8 Å². The van der Waals surface area contributed by atoms with Crippen LogP contribution in [-0.2, 0) is 10.0 Å². The van der Waals surface area contributed by atoms with E-state index in [1.54, 1.807) is 22.5 Å². The summed E-state index contributed by atoms with van der Waals surface area (Å²) >= 11 is 0. The van der Waals surface area contributed by atoms with Gasteiger partial charge in [0.05, 0.1) is 10.9 Å².